The molecule has 1 aliphatic heterocycles. The Kier molecular flexibility index (Phi) is 12.2. The van der Waals surface area contributed by atoms with Crippen LogP contribution in [0.15, 0.2) is 23.2 Å². The SMILES string of the molecule is CN=C(NCCNC(=O)C1CCCCC1)NCc1ccc(C)cc1OCC1CCCO1.I. The van der Waals surface area contributed by atoms with Crippen molar-refractivity contribution in [2.45, 2.75) is 64.5 Å². The van der Waals surface area contributed by atoms with Crippen LogP contribution in [-0.4, -0.2) is 51.3 Å². The third-order valence-corrected chi connectivity index (χ3v) is 6.03. The van der Waals surface area contributed by atoms with Gasteiger partial charge < -0.3 is 25.4 Å². The van der Waals surface area contributed by atoms with Gasteiger partial charge in [-0.2, -0.15) is 0 Å². The smallest absolute Gasteiger partial charge is 0.223 e. The van der Waals surface area contributed by atoms with E-state index in [1.165, 1.54) is 24.8 Å². The highest BCUT2D eigenvalue weighted by molar-refractivity contribution is 14.0. The second kappa shape index (κ2) is 14.6. The second-order valence-corrected chi connectivity index (χ2v) is 8.54. The monoisotopic (exact) mass is 558 g/mol. The molecule has 1 saturated heterocycles. The Morgan fingerprint density at radius 3 is 2.59 bits per heavy atom. The average molecular weight is 559 g/mol. The largest absolute Gasteiger partial charge is 0.491 e. The molecular weight excluding hydrogens is 519 g/mol. The molecule has 3 rings (SSSR count). The molecule has 1 unspecified atom stereocenters. The van der Waals surface area contributed by atoms with Crippen molar-refractivity contribution in [3.8, 4) is 5.75 Å². The number of hydrogen-bond acceptors (Lipinski definition) is 4. The predicted molar refractivity (Wildman–Crippen MR) is 139 cm³/mol. The lowest BCUT2D eigenvalue weighted by Gasteiger charge is -2.21. The van der Waals surface area contributed by atoms with Gasteiger partial charge >= 0.3 is 0 Å². The summed E-state index contributed by atoms with van der Waals surface area (Å²) in [7, 11) is 1.75. The van der Waals surface area contributed by atoms with Gasteiger partial charge in [-0.05, 0) is 44.2 Å². The number of aryl methyl sites for hydroxylation is 1. The van der Waals surface area contributed by atoms with Crippen LogP contribution >= 0.6 is 24.0 Å². The van der Waals surface area contributed by atoms with Crippen LogP contribution in [0.3, 0.4) is 0 Å². The number of aliphatic imine (C=N–C) groups is 1. The van der Waals surface area contributed by atoms with E-state index in [0.29, 0.717) is 32.2 Å². The summed E-state index contributed by atoms with van der Waals surface area (Å²) >= 11 is 0. The minimum atomic E-state index is 0. The zero-order valence-corrected chi connectivity index (χ0v) is 21.8. The second-order valence-electron chi connectivity index (χ2n) is 8.54. The first-order valence-corrected chi connectivity index (χ1v) is 11.7. The molecule has 0 bridgehead atoms. The molecule has 0 spiro atoms. The van der Waals surface area contributed by atoms with E-state index >= 15 is 0 Å². The Bertz CT molecular complexity index is 732. The molecule has 1 aromatic rings. The lowest BCUT2D eigenvalue weighted by molar-refractivity contribution is -0.125. The summed E-state index contributed by atoms with van der Waals surface area (Å²) in [5.41, 5.74) is 2.25. The molecule has 1 heterocycles. The van der Waals surface area contributed by atoms with Gasteiger partial charge in [-0.3, -0.25) is 9.79 Å². The van der Waals surface area contributed by atoms with Crippen molar-refractivity contribution in [3.63, 3.8) is 0 Å². The molecule has 3 N–H and O–H groups in total. The quantitative estimate of drug-likeness (QED) is 0.187. The van der Waals surface area contributed by atoms with E-state index in [1.54, 1.807) is 7.05 Å². The summed E-state index contributed by atoms with van der Waals surface area (Å²) in [6, 6.07) is 6.25. The highest BCUT2D eigenvalue weighted by Crippen LogP contribution is 2.24. The van der Waals surface area contributed by atoms with Crippen molar-refractivity contribution >= 4 is 35.8 Å². The van der Waals surface area contributed by atoms with Crippen LogP contribution in [0.2, 0.25) is 0 Å². The van der Waals surface area contributed by atoms with Crippen LogP contribution < -0.4 is 20.7 Å². The topological polar surface area (TPSA) is 84.0 Å². The fourth-order valence-corrected chi connectivity index (χ4v) is 4.18. The molecule has 0 radical (unpaired) electrons. The third kappa shape index (κ3) is 8.77. The summed E-state index contributed by atoms with van der Waals surface area (Å²) in [5.74, 6) is 1.98. The first-order chi connectivity index (χ1) is 15.2. The van der Waals surface area contributed by atoms with Gasteiger partial charge in [0.2, 0.25) is 5.91 Å². The first kappa shape index (κ1) is 26.7. The molecule has 8 heteroatoms. The maximum absolute atomic E-state index is 12.2. The number of benzene rings is 1. The summed E-state index contributed by atoms with van der Waals surface area (Å²) in [4.78, 5) is 16.5. The van der Waals surface area contributed by atoms with Crippen molar-refractivity contribution < 1.29 is 14.3 Å². The van der Waals surface area contributed by atoms with Crippen molar-refractivity contribution in [1.29, 1.82) is 0 Å². The van der Waals surface area contributed by atoms with E-state index < -0.39 is 0 Å². The maximum atomic E-state index is 12.2. The van der Waals surface area contributed by atoms with Gasteiger partial charge in [-0.1, -0.05) is 31.4 Å². The van der Waals surface area contributed by atoms with Crippen molar-refractivity contribution in [1.82, 2.24) is 16.0 Å². The minimum Gasteiger partial charge on any atom is -0.491 e. The Morgan fingerprint density at radius 1 is 1.09 bits per heavy atom. The number of hydrogen-bond donors (Lipinski definition) is 3. The molecular formula is C24H39IN4O3. The molecule has 1 amide bonds. The number of amides is 1. The molecule has 0 aromatic heterocycles. The first-order valence-electron chi connectivity index (χ1n) is 11.7. The predicted octanol–water partition coefficient (Wildman–Crippen LogP) is 3.53. The van der Waals surface area contributed by atoms with Crippen LogP contribution in [0.25, 0.3) is 0 Å². The van der Waals surface area contributed by atoms with Crippen LogP contribution in [0.5, 0.6) is 5.75 Å². The number of carbonyl (C=O) groups is 1. The lowest BCUT2D eigenvalue weighted by Crippen LogP contribution is -2.42. The van der Waals surface area contributed by atoms with Crippen molar-refractivity contribution in [3.05, 3.63) is 29.3 Å². The zero-order chi connectivity index (χ0) is 21.9. The number of nitrogens with zero attached hydrogens (tertiary/aromatic N) is 1. The van der Waals surface area contributed by atoms with E-state index in [2.05, 4.69) is 46.1 Å². The van der Waals surface area contributed by atoms with E-state index in [0.717, 1.165) is 43.6 Å². The van der Waals surface area contributed by atoms with Crippen molar-refractivity contribution in [2.24, 2.45) is 10.9 Å². The zero-order valence-electron chi connectivity index (χ0n) is 19.5. The number of nitrogens with one attached hydrogen (secondary N) is 3. The van der Waals surface area contributed by atoms with E-state index in [9.17, 15) is 4.79 Å². The van der Waals surface area contributed by atoms with Crippen LogP contribution in [-0.2, 0) is 16.1 Å². The van der Waals surface area contributed by atoms with Gasteiger partial charge in [0.05, 0.1) is 6.10 Å². The minimum absolute atomic E-state index is 0. The Labute approximate surface area is 209 Å². The molecule has 2 fully saturated rings. The summed E-state index contributed by atoms with van der Waals surface area (Å²) in [6.07, 6.45) is 8.02. The fourth-order valence-electron chi connectivity index (χ4n) is 4.18. The molecule has 2 aliphatic rings. The number of halogens is 1. The summed E-state index contributed by atoms with van der Waals surface area (Å²) in [5, 5.41) is 9.66. The summed E-state index contributed by atoms with van der Waals surface area (Å²) in [6.45, 7) is 5.32. The van der Waals surface area contributed by atoms with Gasteiger partial charge in [0, 0.05) is 44.8 Å². The third-order valence-electron chi connectivity index (χ3n) is 6.03. The Morgan fingerprint density at radius 2 is 1.88 bits per heavy atom. The molecule has 1 atom stereocenters. The van der Waals surface area contributed by atoms with E-state index in [1.807, 2.05) is 0 Å². The van der Waals surface area contributed by atoms with E-state index in [-0.39, 0.29) is 41.9 Å². The molecule has 1 aliphatic carbocycles. The normalized spacial score (nSPS) is 19.2. The van der Waals surface area contributed by atoms with Crippen molar-refractivity contribution in [2.75, 3.05) is 33.4 Å². The maximum Gasteiger partial charge on any atom is 0.223 e. The van der Waals surface area contributed by atoms with E-state index in [4.69, 9.17) is 9.47 Å². The Balaban J connectivity index is 0.00000363. The van der Waals surface area contributed by atoms with Gasteiger partial charge in [-0.25, -0.2) is 0 Å². The number of ether oxygens (including phenoxy) is 2. The van der Waals surface area contributed by atoms with Gasteiger partial charge in [0.25, 0.3) is 0 Å². The lowest BCUT2D eigenvalue weighted by atomic mass is 9.89. The highest BCUT2D eigenvalue weighted by atomic mass is 127. The standard InChI is InChI=1S/C24H38N4O3.HI/c1-18-10-11-20(22(15-18)31-17-21-9-6-14-30-21)16-28-24(25-2)27-13-12-26-23(29)19-7-4-3-5-8-19;/h10-11,15,19,21H,3-9,12-14,16-17H2,1-2H3,(H,26,29)(H2,25,27,28);1H. The van der Waals surface area contributed by atoms with Crippen LogP contribution in [0.1, 0.15) is 56.1 Å². The van der Waals surface area contributed by atoms with Crippen LogP contribution in [0, 0.1) is 12.8 Å². The molecule has 180 valence electrons. The van der Waals surface area contributed by atoms with Gasteiger partial charge in [0.1, 0.15) is 12.4 Å². The number of rotatable bonds is 9. The number of guanidine groups is 1. The van der Waals surface area contributed by atoms with Crippen LogP contribution in [0.4, 0.5) is 0 Å². The van der Waals surface area contributed by atoms with Gasteiger partial charge in [0.15, 0.2) is 5.96 Å². The summed E-state index contributed by atoms with van der Waals surface area (Å²) < 4.78 is 11.7. The molecule has 1 saturated carbocycles. The molecule has 32 heavy (non-hydrogen) atoms. The fraction of sp³-hybridized carbons (Fsp3) is 0.667. The number of carbonyl (C=O) groups excluding carboxylic acids is 1. The molecule has 7 nitrogen and oxygen atoms in total. The Hall–Kier alpha value is -1.55. The molecule has 1 aromatic carbocycles. The van der Waals surface area contributed by atoms with Gasteiger partial charge in [-0.15, -0.1) is 24.0 Å². The highest BCUT2D eigenvalue weighted by Gasteiger charge is 2.20. The average Bonchev–Trinajstić information content (AvgIpc) is 3.32.